The maximum absolute atomic E-state index is 13.3. The number of aromatic nitrogens is 3. The summed E-state index contributed by atoms with van der Waals surface area (Å²) in [4.78, 5) is 15.3. The van der Waals surface area contributed by atoms with Gasteiger partial charge in [0, 0.05) is 18.1 Å². The van der Waals surface area contributed by atoms with Crippen molar-refractivity contribution in [3.8, 4) is 0 Å². The molecule has 8 heteroatoms. The van der Waals surface area contributed by atoms with Crippen molar-refractivity contribution >= 4 is 29.3 Å². The van der Waals surface area contributed by atoms with E-state index in [1.807, 2.05) is 40.8 Å². The minimum Gasteiger partial charge on any atom is -0.342 e. The molecular weight excluding hydrogens is 370 g/mol. The number of rotatable bonds is 2. The Hall–Kier alpha value is -1.73. The maximum atomic E-state index is 13.3. The highest BCUT2D eigenvalue weighted by atomic mass is 35.5. The Labute approximate surface area is 162 Å². The fraction of sp³-hybridized carbons (Fsp3) is 0.500. The molecule has 1 N–H and O–H groups in total. The minimum absolute atomic E-state index is 0.161. The molecule has 26 heavy (non-hydrogen) atoms. The number of likely N-dealkylation sites (tertiary alicyclic amines) is 1. The number of halogens is 1. The number of fused-ring (bicyclic) bond motifs is 1. The van der Waals surface area contributed by atoms with Crippen LogP contribution in [0.1, 0.15) is 37.2 Å². The molecule has 0 unspecified atom stereocenters. The molecule has 2 aliphatic rings. The van der Waals surface area contributed by atoms with Gasteiger partial charge in [0.1, 0.15) is 11.1 Å². The van der Waals surface area contributed by atoms with Gasteiger partial charge in [0.2, 0.25) is 11.1 Å². The molecule has 2 aromatic rings. The fourth-order valence-corrected chi connectivity index (χ4v) is 4.81. The van der Waals surface area contributed by atoms with E-state index in [-0.39, 0.29) is 17.2 Å². The van der Waals surface area contributed by atoms with Crippen LogP contribution < -0.4 is 5.43 Å². The van der Waals surface area contributed by atoms with Gasteiger partial charge in [-0.3, -0.25) is 4.79 Å². The molecule has 0 saturated carbocycles. The Kier molecular flexibility index (Phi) is 4.84. The van der Waals surface area contributed by atoms with Gasteiger partial charge in [0.05, 0.1) is 6.04 Å². The van der Waals surface area contributed by atoms with Gasteiger partial charge in [-0.25, -0.2) is 4.68 Å². The number of nitrogens with zero attached hydrogens (tertiary/aromatic N) is 4. The van der Waals surface area contributed by atoms with E-state index >= 15 is 0 Å². The summed E-state index contributed by atoms with van der Waals surface area (Å²) in [7, 11) is 0. The van der Waals surface area contributed by atoms with E-state index in [1.165, 1.54) is 11.8 Å². The number of amides is 1. The van der Waals surface area contributed by atoms with Gasteiger partial charge in [-0.15, -0.1) is 10.2 Å². The Morgan fingerprint density at radius 3 is 2.62 bits per heavy atom. The second kappa shape index (κ2) is 7.12. The highest BCUT2D eigenvalue weighted by molar-refractivity contribution is 8.00. The van der Waals surface area contributed by atoms with Crippen LogP contribution in [0.2, 0.25) is 5.02 Å². The number of benzene rings is 1. The zero-order valence-corrected chi connectivity index (χ0v) is 16.4. The summed E-state index contributed by atoms with van der Waals surface area (Å²) in [5.74, 6) is 1.64. The highest BCUT2D eigenvalue weighted by Gasteiger charge is 2.39. The van der Waals surface area contributed by atoms with Crippen LogP contribution in [0, 0.1) is 12.8 Å². The van der Waals surface area contributed by atoms with Crippen LogP contribution in [0.4, 0.5) is 0 Å². The fourth-order valence-electron chi connectivity index (χ4n) is 3.48. The topological polar surface area (TPSA) is 63.1 Å². The lowest BCUT2D eigenvalue weighted by molar-refractivity contribution is -0.132. The normalized spacial score (nSPS) is 23.4. The lowest BCUT2D eigenvalue weighted by Crippen LogP contribution is -2.48. The van der Waals surface area contributed by atoms with E-state index in [1.54, 1.807) is 0 Å². The third-order valence-corrected chi connectivity index (χ3v) is 6.62. The number of thioether (sulfide) groups is 1. The van der Waals surface area contributed by atoms with Crippen LogP contribution in [0.3, 0.4) is 0 Å². The number of carbonyl (C=O) groups is 1. The van der Waals surface area contributed by atoms with Crippen molar-refractivity contribution in [2.24, 2.45) is 5.92 Å². The van der Waals surface area contributed by atoms with Crippen molar-refractivity contribution in [3.05, 3.63) is 40.7 Å². The van der Waals surface area contributed by atoms with Gasteiger partial charge < -0.3 is 10.3 Å². The van der Waals surface area contributed by atoms with Crippen molar-refractivity contribution in [1.29, 1.82) is 0 Å². The van der Waals surface area contributed by atoms with Crippen LogP contribution >= 0.6 is 23.4 Å². The van der Waals surface area contributed by atoms with E-state index in [4.69, 9.17) is 11.6 Å². The molecule has 138 valence electrons. The van der Waals surface area contributed by atoms with Gasteiger partial charge in [-0.2, -0.15) is 0 Å². The summed E-state index contributed by atoms with van der Waals surface area (Å²) in [6, 6.07) is 7.52. The highest BCUT2D eigenvalue weighted by Crippen LogP contribution is 2.38. The molecule has 1 aromatic carbocycles. The molecule has 1 aromatic heterocycles. The Balaban J connectivity index is 1.65. The van der Waals surface area contributed by atoms with Crippen LogP contribution in [-0.2, 0) is 4.79 Å². The van der Waals surface area contributed by atoms with Crippen molar-refractivity contribution in [3.63, 3.8) is 0 Å². The summed E-state index contributed by atoms with van der Waals surface area (Å²) in [5, 5.41) is 9.49. The Morgan fingerprint density at radius 2 is 1.92 bits per heavy atom. The minimum atomic E-state index is -0.277. The van der Waals surface area contributed by atoms with E-state index in [9.17, 15) is 4.79 Å². The van der Waals surface area contributed by atoms with Gasteiger partial charge in [0.25, 0.3) is 0 Å². The molecule has 4 rings (SSSR count). The smallest absolute Gasteiger partial charge is 0.238 e. The van der Waals surface area contributed by atoms with E-state index in [0.717, 1.165) is 42.5 Å². The first kappa shape index (κ1) is 17.7. The largest absolute Gasteiger partial charge is 0.342 e. The quantitative estimate of drug-likeness (QED) is 0.851. The van der Waals surface area contributed by atoms with Gasteiger partial charge in [-0.1, -0.05) is 42.4 Å². The van der Waals surface area contributed by atoms with Crippen molar-refractivity contribution in [1.82, 2.24) is 19.8 Å². The molecule has 1 fully saturated rings. The van der Waals surface area contributed by atoms with Crippen molar-refractivity contribution in [2.45, 2.75) is 43.1 Å². The second-order valence-corrected chi connectivity index (χ2v) is 8.61. The Morgan fingerprint density at radius 1 is 1.23 bits per heavy atom. The van der Waals surface area contributed by atoms with E-state index < -0.39 is 0 Å². The van der Waals surface area contributed by atoms with E-state index in [0.29, 0.717) is 10.9 Å². The molecule has 6 nitrogen and oxygen atoms in total. The van der Waals surface area contributed by atoms with Crippen molar-refractivity contribution < 1.29 is 4.79 Å². The number of nitrogens with one attached hydrogen (secondary N) is 1. The van der Waals surface area contributed by atoms with Crippen LogP contribution in [-0.4, -0.2) is 44.0 Å². The van der Waals surface area contributed by atoms with Gasteiger partial charge in [-0.05, 0) is 43.4 Å². The summed E-state index contributed by atoms with van der Waals surface area (Å²) in [5.41, 5.74) is 4.47. The average Bonchev–Trinajstić information content (AvgIpc) is 3.02. The number of carbonyl (C=O) groups excluding carboxylic acids is 1. The predicted molar refractivity (Wildman–Crippen MR) is 103 cm³/mol. The summed E-state index contributed by atoms with van der Waals surface area (Å²) in [6.07, 6.45) is 2.13. The monoisotopic (exact) mass is 391 g/mol. The zero-order valence-electron chi connectivity index (χ0n) is 14.9. The molecule has 0 bridgehead atoms. The molecule has 0 aliphatic carbocycles. The van der Waals surface area contributed by atoms with Crippen LogP contribution in [0.25, 0.3) is 0 Å². The number of hydrogen-bond acceptors (Lipinski definition) is 5. The van der Waals surface area contributed by atoms with Gasteiger partial charge >= 0.3 is 0 Å². The second-order valence-electron chi connectivity index (χ2n) is 7.07. The molecule has 2 atom stereocenters. The standard InChI is InChI=1S/C18H22ClN5OS/c1-11-7-9-23(10-8-11)17(25)16-15(13-3-5-14(19)6-4-13)22-24-12(2)20-21-18(24)26-16/h3-6,11,15-16,22H,7-10H2,1-2H3/t15-,16+/m0/s1. The molecule has 3 heterocycles. The van der Waals surface area contributed by atoms with Crippen LogP contribution in [0.15, 0.2) is 29.4 Å². The summed E-state index contributed by atoms with van der Waals surface area (Å²) >= 11 is 7.54. The molecule has 0 spiro atoms. The maximum Gasteiger partial charge on any atom is 0.238 e. The predicted octanol–water partition coefficient (Wildman–Crippen LogP) is 3.26. The number of hydrogen-bond donors (Lipinski definition) is 1. The molecule has 1 amide bonds. The molecular formula is C18H22ClN5OS. The number of piperidine rings is 1. The van der Waals surface area contributed by atoms with Crippen molar-refractivity contribution in [2.75, 3.05) is 18.5 Å². The molecule has 2 aliphatic heterocycles. The van der Waals surface area contributed by atoms with Gasteiger partial charge in [0.15, 0.2) is 0 Å². The first-order valence-corrected chi connectivity index (χ1v) is 10.2. The SMILES string of the molecule is Cc1nnc2n1N[C@@H](c1ccc(Cl)cc1)[C@H](C(=O)N1CCC(C)CC1)S2. The first-order chi connectivity index (χ1) is 12.5. The first-order valence-electron chi connectivity index (χ1n) is 8.92. The molecule has 0 radical (unpaired) electrons. The number of aryl methyl sites for hydroxylation is 1. The average molecular weight is 392 g/mol. The zero-order chi connectivity index (χ0) is 18.3. The molecule has 1 saturated heterocycles. The lowest BCUT2D eigenvalue weighted by Gasteiger charge is -2.38. The third kappa shape index (κ3) is 3.30. The lowest BCUT2D eigenvalue weighted by atomic mass is 9.97. The summed E-state index contributed by atoms with van der Waals surface area (Å²) < 4.78 is 1.87. The summed E-state index contributed by atoms with van der Waals surface area (Å²) in [6.45, 7) is 5.81. The third-order valence-electron chi connectivity index (χ3n) is 5.17. The van der Waals surface area contributed by atoms with E-state index in [2.05, 4.69) is 22.5 Å². The van der Waals surface area contributed by atoms with Crippen LogP contribution in [0.5, 0.6) is 0 Å². The Bertz CT molecular complexity index is 800.